The van der Waals surface area contributed by atoms with E-state index in [2.05, 4.69) is 22.2 Å². The second-order valence-corrected chi connectivity index (χ2v) is 27.9. The van der Waals surface area contributed by atoms with E-state index in [-0.39, 0.29) is 102 Å². The van der Waals surface area contributed by atoms with Gasteiger partial charge in [-0.25, -0.2) is 18.6 Å². The average Bonchev–Trinajstić information content (AvgIpc) is 0.788. The van der Waals surface area contributed by atoms with Gasteiger partial charge in [0.2, 0.25) is 23.5 Å². The molecule has 0 spiro atoms. The summed E-state index contributed by atoms with van der Waals surface area (Å²) in [5.74, 6) is -10.5. The van der Waals surface area contributed by atoms with Gasteiger partial charge in [0.25, 0.3) is 11.7 Å². The lowest BCUT2D eigenvalue weighted by Gasteiger charge is -2.46. The molecule has 2 bridgehead atoms. The van der Waals surface area contributed by atoms with Gasteiger partial charge >= 0.3 is 5.97 Å². The number of aromatic hydroxyl groups is 1. The predicted molar refractivity (Wildman–Crippen MR) is 356 cm³/mol. The number of phenolic OH excluding ortho intramolecular Hbond substituents is 1. The average molecular weight is 1370 g/mol. The van der Waals surface area contributed by atoms with Crippen LogP contribution in [-0.4, -0.2) is 207 Å². The van der Waals surface area contributed by atoms with Crippen LogP contribution in [0.1, 0.15) is 118 Å². The normalized spacial score (nSPS) is 30.2. The molecule has 3 amide bonds. The number of fused-ring (bicyclic) bond motifs is 4. The minimum Gasteiger partial charge on any atom is -0.507 e. The number of ether oxygens (including phenoxy) is 4. The number of anilines is 2. The van der Waals surface area contributed by atoms with E-state index < -0.39 is 118 Å². The number of carbonyl (C=O) groups excluding carboxylic acids is 6. The number of carbonyl (C=O) groups is 6. The number of Topliss-reactive ketones (excluding diaryl/α,β-unsaturated/α-hetero) is 2. The van der Waals surface area contributed by atoms with Crippen LogP contribution in [0.3, 0.4) is 0 Å². The summed E-state index contributed by atoms with van der Waals surface area (Å²) in [5.41, 5.74) is 0.380. The van der Waals surface area contributed by atoms with Gasteiger partial charge < -0.3 is 69.8 Å². The highest BCUT2D eigenvalue weighted by Gasteiger charge is 2.56. The Morgan fingerprint density at radius 3 is 2.35 bits per heavy atom. The Morgan fingerprint density at radius 2 is 1.64 bits per heavy atom. The first kappa shape index (κ1) is 74.6. The van der Waals surface area contributed by atoms with Crippen molar-refractivity contribution in [1.29, 1.82) is 0 Å². The maximum atomic E-state index is 16.7. The number of halogens is 3. The molecule has 1 saturated carbocycles. The number of piperazine rings is 1. The Morgan fingerprint density at radius 1 is 0.905 bits per heavy atom. The predicted octanol–water partition coefficient (Wildman–Crippen LogP) is 7.62. The third kappa shape index (κ3) is 18.2. The molecule has 0 radical (unpaired) electrons. The number of aliphatic hydroxyl groups is 4. The lowest BCUT2D eigenvalue weighted by atomic mass is 9.81. The number of esters is 1. The summed E-state index contributed by atoms with van der Waals surface area (Å²) in [6.07, 6.45) is 2.31. The van der Waals surface area contributed by atoms with Gasteiger partial charge in [-0.05, 0) is 132 Å². The van der Waals surface area contributed by atoms with Crippen LogP contribution in [0.15, 0.2) is 60.2 Å². The largest absolute Gasteiger partial charge is 0.507 e. The number of thioether (sulfide) groups is 1. The number of benzene rings is 2. The first-order valence-corrected chi connectivity index (χ1v) is 34.7. The summed E-state index contributed by atoms with van der Waals surface area (Å²) < 4.78 is 55.7. The number of allylic oxidation sites excluding steroid dienone is 3. The summed E-state index contributed by atoms with van der Waals surface area (Å²) in [5, 5.41) is 63.3. The number of amides is 3. The summed E-state index contributed by atoms with van der Waals surface area (Å²) in [4.78, 5) is 97.4. The maximum Gasteiger partial charge on any atom is 0.329 e. The van der Waals surface area contributed by atoms with Crippen molar-refractivity contribution >= 4 is 81.3 Å². The van der Waals surface area contributed by atoms with Gasteiger partial charge in [-0.3, -0.25) is 24.0 Å². The number of nitrogens with one attached hydrogen (secondary N) is 2. The molecule has 522 valence electrons. The molecular weight excluding hydrogens is 1270 g/mol. The topological polar surface area (TPSA) is 300 Å². The van der Waals surface area contributed by atoms with Crippen molar-refractivity contribution in [2.75, 3.05) is 81.8 Å². The summed E-state index contributed by atoms with van der Waals surface area (Å²) >= 11 is 8.20. The van der Waals surface area contributed by atoms with E-state index in [4.69, 9.17) is 35.5 Å². The molecule has 5 aliphatic rings. The van der Waals surface area contributed by atoms with Crippen molar-refractivity contribution in [3.05, 3.63) is 76.9 Å². The number of aromatic nitrogens is 2. The number of hydrogen-bond acceptors (Lipinski definition) is 20. The number of aliphatic hydroxyl groups excluding tert-OH is 3. The van der Waals surface area contributed by atoms with Crippen molar-refractivity contribution in [1.82, 2.24) is 25.1 Å². The standard InChI is InChI=1S/C69H94ClF2N7O15S/c1-9-57(86)77-24-26-78(27-25-77)65-45-36-46(70)58(59-47(71)15-12-17-50(59)81)60(72)61(45)75-68(76-65)74-21-20-56(85)73-22-29-95-28-13-14-44-31-38(2)30-39(3)32-53(84)63-55(92-8)34-41(5)69(90,94-63)64(87)66(88)79-23-11-10-16-48(79)67(89)93-62(42(6)51(82)37-52(44)83)40(4)33-43-18-19-49(80)54(35-43)91-7/h9,12,15,17,31,33,36,39,41-44,48-49,51,53-55,62-63,80-82,84,90H,1,10-11,13-14,16,18-30,32,34-35,37H2,2-8H3,(H,73,85)(H,74,75,76)/b38-31+,40-33+/t39-,41+,42+,43-,44+,48-,49+,51-,53-,54+,55-,62+,63+,69+/m0/s1. The lowest BCUT2D eigenvalue weighted by molar-refractivity contribution is -0.301. The van der Waals surface area contributed by atoms with Crippen LogP contribution >= 0.6 is 23.4 Å². The van der Waals surface area contributed by atoms with Crippen molar-refractivity contribution < 1.29 is 82.0 Å². The summed E-state index contributed by atoms with van der Waals surface area (Å²) in [6.45, 7) is 14.0. The van der Waals surface area contributed by atoms with Crippen LogP contribution in [0.4, 0.5) is 20.5 Å². The molecule has 1 aliphatic carbocycles. The number of nitrogens with zero attached hydrogens (tertiary/aromatic N) is 5. The number of ketones is 2. The van der Waals surface area contributed by atoms with E-state index in [9.17, 15) is 54.3 Å². The number of methoxy groups -OCH3 is 2. The van der Waals surface area contributed by atoms with E-state index in [0.717, 1.165) is 16.5 Å². The van der Waals surface area contributed by atoms with Gasteiger partial charge in [-0.2, -0.15) is 16.7 Å². The van der Waals surface area contributed by atoms with Crippen molar-refractivity contribution in [3.8, 4) is 16.9 Å². The highest BCUT2D eigenvalue weighted by Crippen LogP contribution is 2.44. The molecular formula is C69H94ClF2N7O15S. The van der Waals surface area contributed by atoms with Gasteiger partial charge in [-0.15, -0.1) is 0 Å². The number of hydrogen-bond donors (Lipinski definition) is 7. The van der Waals surface area contributed by atoms with Gasteiger partial charge in [0.15, 0.2) is 5.82 Å². The summed E-state index contributed by atoms with van der Waals surface area (Å²) in [6, 6.07) is 3.74. The molecule has 4 fully saturated rings. The molecule has 3 saturated heterocycles. The monoisotopic (exact) mass is 1370 g/mol. The number of cyclic esters (lactones) is 1. The fourth-order valence-electron chi connectivity index (χ4n) is 14.0. The van der Waals surface area contributed by atoms with Crippen LogP contribution in [0.2, 0.25) is 5.02 Å². The molecule has 8 rings (SSSR count). The Bertz CT molecular complexity index is 3300. The van der Waals surface area contributed by atoms with Crippen LogP contribution < -0.4 is 15.5 Å². The van der Waals surface area contributed by atoms with E-state index in [0.29, 0.717) is 101 Å². The molecule has 0 unspecified atom stereocenters. The molecule has 2 aromatic carbocycles. The van der Waals surface area contributed by atoms with Crippen LogP contribution in [0.5, 0.6) is 5.75 Å². The SMILES string of the molecule is C=CC(=O)N1CCN(c2nc(NCCC(=O)NCCSCCC[C@@H]3/C=C(\C)C[C@H](C)C[C@H](O)[C@H]4O[C@@](O)(C(=O)C(=O)N5CCCC[C@H]5C(=O)O[C@H](/C(C)=C/[C@@H]5CC[C@@H](O)[C@H](OC)C5)[C@H](C)[C@@H](O)CC3=O)[C@H](C)C[C@@H]4OC)nc3c(F)c(-c4c(O)cccc4F)c(Cl)cc23)CC1. The highest BCUT2D eigenvalue weighted by atomic mass is 35.5. The smallest absolute Gasteiger partial charge is 0.329 e. The molecule has 4 aliphatic heterocycles. The fourth-order valence-corrected chi connectivity index (χ4v) is 15.1. The number of piperidine rings is 1. The van der Waals surface area contributed by atoms with Crippen LogP contribution in [0.25, 0.3) is 22.0 Å². The van der Waals surface area contributed by atoms with Gasteiger partial charge in [0, 0.05) is 107 Å². The van der Waals surface area contributed by atoms with Crippen molar-refractivity contribution in [2.45, 2.75) is 173 Å². The molecule has 3 aromatic rings. The van der Waals surface area contributed by atoms with Crippen LogP contribution in [0, 0.1) is 41.2 Å². The Hall–Kier alpha value is -6.16. The van der Waals surface area contributed by atoms with Crippen LogP contribution in [-0.2, 0) is 47.7 Å². The zero-order valence-electron chi connectivity index (χ0n) is 55.4. The van der Waals surface area contributed by atoms with Gasteiger partial charge in [0.05, 0.1) is 41.1 Å². The maximum absolute atomic E-state index is 16.7. The second-order valence-electron chi connectivity index (χ2n) is 26.3. The third-order valence-corrected chi connectivity index (χ3v) is 20.7. The first-order valence-electron chi connectivity index (χ1n) is 33.1. The fraction of sp³-hybridized carbons (Fsp3) is 0.623. The van der Waals surface area contributed by atoms with E-state index in [1.807, 2.05) is 30.9 Å². The number of phenols is 1. The molecule has 22 nitrogen and oxygen atoms in total. The molecule has 14 atom stereocenters. The Labute approximate surface area is 563 Å². The quantitative estimate of drug-likeness (QED) is 0.0212. The first-order chi connectivity index (χ1) is 45.3. The third-order valence-electron chi connectivity index (χ3n) is 19.3. The minimum atomic E-state index is -2.67. The molecule has 5 heterocycles. The minimum absolute atomic E-state index is 0.00698. The number of rotatable bonds is 18. The highest BCUT2D eigenvalue weighted by molar-refractivity contribution is 7.99. The van der Waals surface area contributed by atoms with Gasteiger partial charge in [0.1, 0.15) is 46.9 Å². The van der Waals surface area contributed by atoms with Crippen molar-refractivity contribution in [3.63, 3.8) is 0 Å². The lowest BCUT2D eigenvalue weighted by Crippen LogP contribution is -2.64. The second kappa shape index (κ2) is 33.9. The Kier molecular flexibility index (Phi) is 26.6. The Balaban J connectivity index is 0.941. The van der Waals surface area contributed by atoms with Gasteiger partial charge in [-0.1, -0.05) is 62.7 Å². The van der Waals surface area contributed by atoms with E-state index in [1.165, 1.54) is 38.5 Å². The molecule has 7 N–H and O–H groups in total. The van der Waals surface area contributed by atoms with E-state index >= 15 is 8.78 Å². The zero-order valence-corrected chi connectivity index (χ0v) is 57.0. The van der Waals surface area contributed by atoms with Crippen molar-refractivity contribution in [2.24, 2.45) is 29.6 Å². The molecule has 26 heteroatoms. The molecule has 95 heavy (non-hydrogen) atoms. The van der Waals surface area contributed by atoms with E-state index in [1.54, 1.807) is 37.4 Å². The molecule has 1 aromatic heterocycles. The summed E-state index contributed by atoms with van der Waals surface area (Å²) in [7, 11) is 2.97. The zero-order chi connectivity index (χ0) is 69.0.